The maximum atomic E-state index is 12.3. The first-order valence-electron chi connectivity index (χ1n) is 6.35. The molecule has 0 radical (unpaired) electrons. The number of amides is 1. The average Bonchev–Trinajstić information content (AvgIpc) is 2.92. The normalized spacial score (nSPS) is 12.2. The number of nitrogens with zero attached hydrogens (tertiary/aromatic N) is 3. The Balaban J connectivity index is 2.24. The van der Waals surface area contributed by atoms with Crippen molar-refractivity contribution in [3.8, 4) is 0 Å². The summed E-state index contributed by atoms with van der Waals surface area (Å²) in [6.45, 7) is 5.85. The molecule has 2 aromatic rings. The first kappa shape index (κ1) is 15.2. The van der Waals surface area contributed by atoms with Gasteiger partial charge in [-0.25, -0.2) is 0 Å². The summed E-state index contributed by atoms with van der Waals surface area (Å²) in [7, 11) is 1.51. The second kappa shape index (κ2) is 5.65. The Hall–Kier alpha value is -2.22. The zero-order chi connectivity index (χ0) is 15.7. The molecule has 0 aromatic carbocycles. The molecule has 112 valence electrons. The topological polar surface area (TPSA) is 90.1 Å². The van der Waals surface area contributed by atoms with E-state index < -0.39 is 10.8 Å². The molecule has 7 nitrogen and oxygen atoms in total. The number of hydrogen-bond donors (Lipinski definition) is 1. The fraction of sp³-hybridized carbons (Fsp3) is 0.385. The van der Waals surface area contributed by atoms with Crippen LogP contribution in [0.2, 0.25) is 0 Å². The Morgan fingerprint density at radius 2 is 2.19 bits per heavy atom. The monoisotopic (exact) mass is 308 g/mol. The molecule has 2 rings (SSSR count). The van der Waals surface area contributed by atoms with Crippen molar-refractivity contribution in [3.05, 3.63) is 43.4 Å². The van der Waals surface area contributed by atoms with Gasteiger partial charge in [0.25, 0.3) is 5.91 Å². The lowest BCUT2D eigenvalue weighted by Crippen LogP contribution is -2.29. The van der Waals surface area contributed by atoms with Gasteiger partial charge in [-0.15, -0.1) is 11.3 Å². The maximum absolute atomic E-state index is 12.3. The van der Waals surface area contributed by atoms with Crippen molar-refractivity contribution < 1.29 is 9.72 Å². The van der Waals surface area contributed by atoms with E-state index in [1.165, 1.54) is 11.7 Å². The summed E-state index contributed by atoms with van der Waals surface area (Å²) < 4.78 is 1.21. The molecule has 0 aliphatic rings. The molecule has 0 bridgehead atoms. The van der Waals surface area contributed by atoms with Crippen molar-refractivity contribution in [1.82, 2.24) is 15.1 Å². The van der Waals surface area contributed by atoms with E-state index in [4.69, 9.17) is 0 Å². The second-order valence-corrected chi connectivity index (χ2v) is 6.28. The van der Waals surface area contributed by atoms with Gasteiger partial charge in [-0.1, -0.05) is 0 Å². The van der Waals surface area contributed by atoms with E-state index in [9.17, 15) is 14.9 Å². The van der Waals surface area contributed by atoms with Crippen LogP contribution in [0.3, 0.4) is 0 Å². The Morgan fingerprint density at radius 3 is 2.71 bits per heavy atom. The Morgan fingerprint density at radius 1 is 1.52 bits per heavy atom. The van der Waals surface area contributed by atoms with Crippen molar-refractivity contribution in [3.63, 3.8) is 0 Å². The molecule has 0 saturated carbocycles. The van der Waals surface area contributed by atoms with Gasteiger partial charge in [0.05, 0.1) is 11.0 Å². The summed E-state index contributed by atoms with van der Waals surface area (Å²) in [6.07, 6.45) is 1.08. The molecular formula is C13H16N4O3S. The Kier molecular flexibility index (Phi) is 4.08. The third-order valence-electron chi connectivity index (χ3n) is 3.22. The minimum atomic E-state index is -0.605. The number of aryl methyl sites for hydroxylation is 3. The molecule has 2 heterocycles. The highest BCUT2D eigenvalue weighted by molar-refractivity contribution is 7.12. The summed E-state index contributed by atoms with van der Waals surface area (Å²) >= 11 is 1.66. The first-order chi connectivity index (χ1) is 9.81. The van der Waals surface area contributed by atoms with E-state index in [0.717, 1.165) is 21.5 Å². The van der Waals surface area contributed by atoms with Gasteiger partial charge in [0, 0.05) is 16.8 Å². The summed E-state index contributed by atoms with van der Waals surface area (Å²) in [6, 6.07) is 1.79. The molecule has 0 spiro atoms. The Labute approximate surface area is 125 Å². The van der Waals surface area contributed by atoms with Crippen LogP contribution >= 0.6 is 11.3 Å². The molecule has 0 unspecified atom stereocenters. The van der Waals surface area contributed by atoms with E-state index in [-0.39, 0.29) is 17.4 Å². The molecule has 1 atom stereocenters. The van der Waals surface area contributed by atoms with Crippen LogP contribution in [0.4, 0.5) is 5.69 Å². The predicted molar refractivity (Wildman–Crippen MR) is 79.5 cm³/mol. The first-order valence-corrected chi connectivity index (χ1v) is 7.17. The van der Waals surface area contributed by atoms with Gasteiger partial charge >= 0.3 is 5.69 Å². The quantitative estimate of drug-likeness (QED) is 0.694. The third kappa shape index (κ3) is 2.94. The number of hydrogen-bond acceptors (Lipinski definition) is 5. The van der Waals surface area contributed by atoms with Crippen LogP contribution in [-0.2, 0) is 7.05 Å². The number of nitrogens with one attached hydrogen (secondary N) is 1. The van der Waals surface area contributed by atoms with Crippen LogP contribution < -0.4 is 5.32 Å². The van der Waals surface area contributed by atoms with Crippen LogP contribution in [0.25, 0.3) is 0 Å². The van der Waals surface area contributed by atoms with Crippen LogP contribution in [0.5, 0.6) is 0 Å². The zero-order valence-electron chi connectivity index (χ0n) is 12.2. The molecule has 2 aromatic heterocycles. The van der Waals surface area contributed by atoms with Crippen molar-refractivity contribution >= 4 is 22.9 Å². The van der Waals surface area contributed by atoms with E-state index in [1.54, 1.807) is 11.3 Å². The van der Waals surface area contributed by atoms with Crippen molar-refractivity contribution in [2.24, 2.45) is 7.05 Å². The summed E-state index contributed by atoms with van der Waals surface area (Å²) in [5.41, 5.74) is 0.688. The van der Waals surface area contributed by atoms with Gasteiger partial charge < -0.3 is 5.32 Å². The van der Waals surface area contributed by atoms with Crippen LogP contribution in [0.15, 0.2) is 12.3 Å². The summed E-state index contributed by atoms with van der Waals surface area (Å²) in [5.74, 6) is -0.502. The van der Waals surface area contributed by atoms with Gasteiger partial charge in [-0.3, -0.25) is 19.6 Å². The van der Waals surface area contributed by atoms with Crippen LogP contribution in [-0.4, -0.2) is 20.6 Å². The van der Waals surface area contributed by atoms with Gasteiger partial charge in [-0.05, 0) is 32.4 Å². The van der Waals surface area contributed by atoms with Crippen LogP contribution in [0, 0.1) is 24.0 Å². The lowest BCUT2D eigenvalue weighted by molar-refractivity contribution is -0.385. The predicted octanol–water partition coefficient (Wildman–Crippen LogP) is 2.50. The van der Waals surface area contributed by atoms with E-state index in [0.29, 0.717) is 0 Å². The highest BCUT2D eigenvalue weighted by atomic mass is 32.1. The van der Waals surface area contributed by atoms with Crippen molar-refractivity contribution in [1.29, 1.82) is 0 Å². The average molecular weight is 308 g/mol. The number of rotatable bonds is 4. The van der Waals surface area contributed by atoms with E-state index >= 15 is 0 Å². The van der Waals surface area contributed by atoms with Crippen molar-refractivity contribution in [2.75, 3.05) is 0 Å². The molecule has 21 heavy (non-hydrogen) atoms. The minimum absolute atomic E-state index is 0.0449. The van der Waals surface area contributed by atoms with Crippen molar-refractivity contribution in [2.45, 2.75) is 26.8 Å². The SMILES string of the molecule is Cc1cc([C@@H](C)NC(=O)c2c([N+](=O)[O-])cnn2C)c(C)s1. The summed E-state index contributed by atoms with van der Waals surface area (Å²) in [5, 5.41) is 17.5. The summed E-state index contributed by atoms with van der Waals surface area (Å²) in [4.78, 5) is 24.9. The smallest absolute Gasteiger partial charge is 0.320 e. The lowest BCUT2D eigenvalue weighted by Gasteiger charge is -2.13. The number of carbonyl (C=O) groups excluding carboxylic acids is 1. The van der Waals surface area contributed by atoms with Crippen LogP contribution in [0.1, 0.15) is 38.8 Å². The lowest BCUT2D eigenvalue weighted by atomic mass is 10.1. The van der Waals surface area contributed by atoms with Gasteiger partial charge in [0.1, 0.15) is 6.20 Å². The number of carbonyl (C=O) groups is 1. The van der Waals surface area contributed by atoms with Gasteiger partial charge in [-0.2, -0.15) is 5.10 Å². The standard InChI is InChI=1S/C13H16N4O3S/c1-7-5-10(9(3)21-7)8(2)15-13(18)12-11(17(19)20)6-14-16(12)4/h5-6,8H,1-4H3,(H,15,18)/t8-/m1/s1. The molecule has 0 saturated heterocycles. The molecule has 0 aliphatic carbocycles. The fourth-order valence-corrected chi connectivity index (χ4v) is 3.27. The molecule has 1 amide bonds. The molecule has 0 aliphatic heterocycles. The highest BCUT2D eigenvalue weighted by Crippen LogP contribution is 2.27. The fourth-order valence-electron chi connectivity index (χ4n) is 2.25. The largest absolute Gasteiger partial charge is 0.344 e. The highest BCUT2D eigenvalue weighted by Gasteiger charge is 2.27. The Bertz CT molecular complexity index is 704. The number of aromatic nitrogens is 2. The maximum Gasteiger partial charge on any atom is 0.320 e. The number of nitro groups is 1. The molecule has 0 fully saturated rings. The van der Waals surface area contributed by atoms with Gasteiger partial charge in [0.2, 0.25) is 5.69 Å². The molecule has 1 N–H and O–H groups in total. The van der Waals surface area contributed by atoms with Gasteiger partial charge in [0.15, 0.2) is 0 Å². The third-order valence-corrected chi connectivity index (χ3v) is 4.21. The van der Waals surface area contributed by atoms with E-state index in [2.05, 4.69) is 10.4 Å². The second-order valence-electron chi connectivity index (χ2n) is 4.82. The zero-order valence-corrected chi connectivity index (χ0v) is 13.0. The minimum Gasteiger partial charge on any atom is -0.344 e. The molecular weight excluding hydrogens is 292 g/mol. The van der Waals surface area contributed by atoms with E-state index in [1.807, 2.05) is 26.8 Å². The number of thiophene rings is 1. The molecule has 8 heteroatoms.